The lowest BCUT2D eigenvalue weighted by Crippen LogP contribution is -2.31. The molecule has 0 saturated heterocycles. The van der Waals surface area contributed by atoms with Crippen LogP contribution in [0.1, 0.15) is 23.4 Å². The van der Waals surface area contributed by atoms with Gasteiger partial charge >= 0.3 is 12.1 Å². The number of hydrogen-bond donors (Lipinski definition) is 3. The van der Waals surface area contributed by atoms with Crippen molar-refractivity contribution < 1.29 is 31.5 Å². The summed E-state index contributed by atoms with van der Waals surface area (Å²) in [6, 6.07) is 3.96. The monoisotopic (exact) mass is 446 g/mol. The van der Waals surface area contributed by atoms with Crippen LogP contribution in [0.2, 0.25) is 0 Å². The van der Waals surface area contributed by atoms with Gasteiger partial charge in [0.05, 0.1) is 11.6 Å². The van der Waals surface area contributed by atoms with E-state index in [2.05, 4.69) is 21.0 Å². The molecule has 8 nitrogen and oxygen atoms in total. The summed E-state index contributed by atoms with van der Waals surface area (Å²) in [5, 5.41) is 7.12. The number of nitrogens with zero attached hydrogens (tertiary/aromatic N) is 3. The summed E-state index contributed by atoms with van der Waals surface area (Å²) in [7, 11) is -2.38. The van der Waals surface area contributed by atoms with Crippen molar-refractivity contribution in [2.45, 2.75) is 26.4 Å². The zero-order valence-corrected chi connectivity index (χ0v) is 17.1. The highest BCUT2D eigenvalue weighted by molar-refractivity contribution is 7.72. The maximum atomic E-state index is 10.9. The van der Waals surface area contributed by atoms with E-state index in [1.165, 1.54) is 0 Å². The van der Waals surface area contributed by atoms with E-state index >= 15 is 0 Å². The van der Waals surface area contributed by atoms with E-state index in [0.717, 1.165) is 47.0 Å². The van der Waals surface area contributed by atoms with Crippen LogP contribution < -0.4 is 0 Å². The summed E-state index contributed by atoms with van der Waals surface area (Å²) in [6.07, 6.45) is -0.285. The first-order valence-corrected chi connectivity index (χ1v) is 10.2. The van der Waals surface area contributed by atoms with Crippen LogP contribution in [0.3, 0.4) is 0 Å². The third-order valence-electron chi connectivity index (χ3n) is 4.29. The first-order chi connectivity index (χ1) is 14.0. The number of aliphatic carboxylic acids is 1. The van der Waals surface area contributed by atoms with Gasteiger partial charge in [-0.3, -0.25) is 9.88 Å². The Balaban J connectivity index is 0.000000396. The molecule has 0 saturated carbocycles. The molecule has 164 valence electrons. The lowest BCUT2D eigenvalue weighted by atomic mass is 10.0. The highest BCUT2D eigenvalue weighted by atomic mass is 32.2. The standard InChI is InChI=1S/C16H20N4O2S.C2HF3O2/c1-11-12(2)19-16(18-11)15-8-13(5-6-17-15)14-4-3-7-20(9-14)10-23(21)22;3-2(4,5)1(6)7/h4-6,8,23H,3,7,9-10H2,1-2H3,(H,18,19);(H,6,7). The molecule has 12 heteroatoms. The average Bonchev–Trinajstić information content (AvgIpc) is 3.00. The quantitative estimate of drug-likeness (QED) is 0.618. The average molecular weight is 446 g/mol. The normalized spacial score (nSPS) is 14.8. The molecule has 0 aliphatic carbocycles. The van der Waals surface area contributed by atoms with Crippen molar-refractivity contribution in [1.82, 2.24) is 19.9 Å². The summed E-state index contributed by atoms with van der Waals surface area (Å²) >= 11 is 0. The molecule has 1 aliphatic heterocycles. The fourth-order valence-electron chi connectivity index (χ4n) is 2.73. The van der Waals surface area contributed by atoms with Gasteiger partial charge in [0.15, 0.2) is 16.5 Å². The Bertz CT molecular complexity index is 988. The predicted octanol–water partition coefficient (Wildman–Crippen LogP) is 2.38. The van der Waals surface area contributed by atoms with Gasteiger partial charge in [-0.2, -0.15) is 13.2 Å². The highest BCUT2D eigenvalue weighted by Crippen LogP contribution is 2.24. The number of aromatic nitrogens is 3. The predicted molar refractivity (Wildman–Crippen MR) is 104 cm³/mol. The zero-order valence-electron chi connectivity index (χ0n) is 16.2. The second-order valence-corrected chi connectivity index (χ2v) is 7.52. The van der Waals surface area contributed by atoms with Crippen LogP contribution in [0.15, 0.2) is 24.4 Å². The number of pyridine rings is 1. The molecule has 0 radical (unpaired) electrons. The Morgan fingerprint density at radius 2 is 2.00 bits per heavy atom. The van der Waals surface area contributed by atoms with E-state index in [-0.39, 0.29) is 5.88 Å². The SMILES string of the molecule is Cc1nc(-c2cc(C3=CCCN(C[SH](=O)=O)C3)ccn2)[nH]c1C.O=C(O)C(F)(F)F. The molecule has 0 aromatic carbocycles. The molecule has 2 aromatic heterocycles. The van der Waals surface area contributed by atoms with Crippen LogP contribution in [0.25, 0.3) is 17.1 Å². The van der Waals surface area contributed by atoms with Gasteiger partial charge in [0, 0.05) is 25.0 Å². The number of hydrogen-bond acceptors (Lipinski definition) is 6. The summed E-state index contributed by atoms with van der Waals surface area (Å²) in [5.74, 6) is -1.88. The van der Waals surface area contributed by atoms with E-state index in [9.17, 15) is 21.6 Å². The smallest absolute Gasteiger partial charge is 0.475 e. The topological polar surface area (TPSA) is 116 Å². The fraction of sp³-hybridized carbons (Fsp3) is 0.389. The molecule has 2 aromatic rings. The highest BCUT2D eigenvalue weighted by Gasteiger charge is 2.38. The van der Waals surface area contributed by atoms with Crippen LogP contribution in [-0.2, 0) is 15.5 Å². The molecule has 2 N–H and O–H groups in total. The molecule has 3 rings (SSSR count). The Labute approximate surface area is 172 Å². The van der Waals surface area contributed by atoms with Gasteiger partial charge in [-0.1, -0.05) is 6.08 Å². The Morgan fingerprint density at radius 3 is 2.53 bits per heavy atom. The second-order valence-electron chi connectivity index (χ2n) is 6.57. The Morgan fingerprint density at radius 1 is 1.33 bits per heavy atom. The summed E-state index contributed by atoms with van der Waals surface area (Å²) in [5.41, 5.74) is 5.00. The van der Waals surface area contributed by atoms with Crippen LogP contribution in [0, 0.1) is 13.8 Å². The van der Waals surface area contributed by atoms with Crippen molar-refractivity contribution in [2.75, 3.05) is 19.0 Å². The van der Waals surface area contributed by atoms with Crippen molar-refractivity contribution in [3.63, 3.8) is 0 Å². The van der Waals surface area contributed by atoms with E-state index in [4.69, 9.17) is 9.90 Å². The van der Waals surface area contributed by atoms with E-state index in [1.54, 1.807) is 6.20 Å². The van der Waals surface area contributed by atoms with Crippen molar-refractivity contribution in [3.8, 4) is 11.5 Å². The lowest BCUT2D eigenvalue weighted by Gasteiger charge is -2.25. The Kier molecular flexibility index (Phi) is 7.73. The second kappa shape index (κ2) is 9.85. The van der Waals surface area contributed by atoms with Gasteiger partial charge in [0.1, 0.15) is 5.69 Å². The minimum atomic E-state index is -5.08. The Hall–Kier alpha value is -2.73. The van der Waals surface area contributed by atoms with Crippen LogP contribution in [0.4, 0.5) is 13.2 Å². The number of aromatic amines is 1. The molecule has 0 fully saturated rings. The number of aryl methyl sites for hydroxylation is 2. The number of rotatable bonds is 4. The third-order valence-corrected chi connectivity index (χ3v) is 4.92. The maximum Gasteiger partial charge on any atom is 0.490 e. The minimum Gasteiger partial charge on any atom is -0.475 e. The number of carboxylic acid groups (broad SMARTS) is 1. The number of nitrogens with one attached hydrogen (secondary N) is 1. The number of carbonyl (C=O) groups is 1. The first kappa shape index (κ1) is 23.5. The molecular formula is C18H21F3N4O4S. The number of H-pyrrole nitrogens is 1. The largest absolute Gasteiger partial charge is 0.490 e. The van der Waals surface area contributed by atoms with Gasteiger partial charge in [-0.25, -0.2) is 18.2 Å². The molecule has 3 heterocycles. The molecular weight excluding hydrogens is 425 g/mol. The first-order valence-electron chi connectivity index (χ1n) is 8.80. The summed E-state index contributed by atoms with van der Waals surface area (Å²) < 4.78 is 53.6. The molecule has 30 heavy (non-hydrogen) atoms. The molecule has 0 spiro atoms. The molecule has 0 bridgehead atoms. The molecule has 1 aliphatic rings. The molecule has 0 amide bonds. The maximum absolute atomic E-state index is 10.9. The lowest BCUT2D eigenvalue weighted by molar-refractivity contribution is -0.192. The van der Waals surface area contributed by atoms with Crippen molar-refractivity contribution in [1.29, 1.82) is 0 Å². The number of alkyl halides is 3. The number of halogens is 3. The summed E-state index contributed by atoms with van der Waals surface area (Å²) in [6.45, 7) is 5.37. The number of carboxylic acids is 1. The van der Waals surface area contributed by atoms with Gasteiger partial charge < -0.3 is 10.1 Å². The number of thiol groups is 1. The van der Waals surface area contributed by atoms with Crippen LogP contribution >= 0.6 is 0 Å². The van der Waals surface area contributed by atoms with Crippen molar-refractivity contribution in [2.24, 2.45) is 0 Å². The third kappa shape index (κ3) is 6.66. The van der Waals surface area contributed by atoms with E-state index in [1.807, 2.05) is 30.9 Å². The van der Waals surface area contributed by atoms with Crippen LogP contribution in [-0.4, -0.2) is 64.5 Å². The summed E-state index contributed by atoms with van der Waals surface area (Å²) in [4.78, 5) is 23.0. The van der Waals surface area contributed by atoms with Gasteiger partial charge in [-0.05, 0) is 43.5 Å². The van der Waals surface area contributed by atoms with Gasteiger partial charge in [0.2, 0.25) is 0 Å². The van der Waals surface area contributed by atoms with Crippen molar-refractivity contribution in [3.05, 3.63) is 41.4 Å². The molecule has 0 atom stereocenters. The zero-order chi connectivity index (χ0) is 22.5. The fourth-order valence-corrected chi connectivity index (χ4v) is 3.30. The minimum absolute atomic E-state index is 0.112. The molecule has 0 unspecified atom stereocenters. The van der Waals surface area contributed by atoms with Gasteiger partial charge in [0.25, 0.3) is 0 Å². The van der Waals surface area contributed by atoms with E-state index < -0.39 is 22.8 Å². The number of imidazole rings is 1. The van der Waals surface area contributed by atoms with E-state index in [0.29, 0.717) is 6.54 Å². The van der Waals surface area contributed by atoms with Crippen molar-refractivity contribution >= 4 is 22.2 Å². The van der Waals surface area contributed by atoms with Crippen LogP contribution in [0.5, 0.6) is 0 Å². The van der Waals surface area contributed by atoms with Gasteiger partial charge in [-0.15, -0.1) is 0 Å².